The molecule has 0 aliphatic heterocycles. The van der Waals surface area contributed by atoms with Crippen molar-refractivity contribution in [2.75, 3.05) is 13.2 Å². The highest BCUT2D eigenvalue weighted by Crippen LogP contribution is 2.14. The van der Waals surface area contributed by atoms with Crippen LogP contribution in [0.3, 0.4) is 0 Å². The maximum absolute atomic E-state index is 12.9. The lowest BCUT2D eigenvalue weighted by Gasteiger charge is -2.18. The lowest BCUT2D eigenvalue weighted by Crippen LogP contribution is -2.30. The van der Waals surface area contributed by atoms with E-state index in [9.17, 15) is 14.4 Å². The van der Waals surface area contributed by atoms with Crippen molar-refractivity contribution in [3.05, 3.63) is 158 Å². The first kappa shape index (κ1) is 70.0. The first-order chi connectivity index (χ1) is 37.0. The van der Waals surface area contributed by atoms with Crippen LogP contribution in [0, 0.1) is 0 Å². The van der Waals surface area contributed by atoms with Crippen LogP contribution in [0.1, 0.15) is 239 Å². The fourth-order valence-corrected chi connectivity index (χ4v) is 7.64. The highest BCUT2D eigenvalue weighted by atomic mass is 16.6. The number of carbonyl (C=O) groups excluding carboxylic acids is 3. The predicted molar refractivity (Wildman–Crippen MR) is 325 cm³/mol. The first-order valence-corrected chi connectivity index (χ1v) is 30.0. The van der Waals surface area contributed by atoms with Crippen LogP contribution in [-0.4, -0.2) is 37.2 Å². The van der Waals surface area contributed by atoms with Gasteiger partial charge in [0.1, 0.15) is 13.2 Å². The van der Waals surface area contributed by atoms with Crippen molar-refractivity contribution in [3.63, 3.8) is 0 Å². The second-order valence-electron chi connectivity index (χ2n) is 19.1. The molecule has 0 heterocycles. The molecule has 420 valence electrons. The second kappa shape index (κ2) is 61.6. The molecule has 6 heteroatoms. The molecule has 0 aromatic rings. The highest BCUT2D eigenvalue weighted by molar-refractivity contribution is 5.71. The van der Waals surface area contributed by atoms with E-state index in [0.717, 1.165) is 148 Å². The SMILES string of the molecule is CC/C=C\C/C=C\C/C=C\C/C=C\C/C=C\CCCC(=O)OCC(COC(=O)CCCCCCCCCC/C=C\C/C=C\C/C=C\C/C=C\CC)OC(=O)CCCCCCCC/C=C\C/C=C\C/C=C\C/C=C\CC. The maximum atomic E-state index is 12.9. The number of unbranched alkanes of at least 4 members (excludes halogenated alkanes) is 15. The third-order valence-electron chi connectivity index (χ3n) is 12.0. The van der Waals surface area contributed by atoms with Gasteiger partial charge in [-0.05, 0) is 135 Å². The van der Waals surface area contributed by atoms with Crippen LogP contribution in [0.2, 0.25) is 0 Å². The zero-order chi connectivity index (χ0) is 54.3. The number of hydrogen-bond acceptors (Lipinski definition) is 6. The van der Waals surface area contributed by atoms with Gasteiger partial charge in [0.05, 0.1) is 0 Å². The zero-order valence-corrected chi connectivity index (χ0v) is 48.0. The molecule has 0 aliphatic carbocycles. The molecule has 0 radical (unpaired) electrons. The summed E-state index contributed by atoms with van der Waals surface area (Å²) in [5.41, 5.74) is 0. The molecule has 0 saturated heterocycles. The maximum Gasteiger partial charge on any atom is 0.306 e. The van der Waals surface area contributed by atoms with Gasteiger partial charge in [0, 0.05) is 19.3 Å². The average Bonchev–Trinajstić information content (AvgIpc) is 3.41. The molecule has 0 bridgehead atoms. The predicted octanol–water partition coefficient (Wildman–Crippen LogP) is 20.5. The minimum atomic E-state index is -0.822. The second-order valence-corrected chi connectivity index (χ2v) is 19.1. The Bertz CT molecular complexity index is 1710. The molecule has 0 aromatic carbocycles. The van der Waals surface area contributed by atoms with Crippen molar-refractivity contribution in [1.29, 1.82) is 0 Å². The molecule has 0 spiro atoms. The van der Waals surface area contributed by atoms with Gasteiger partial charge in [-0.3, -0.25) is 14.4 Å². The van der Waals surface area contributed by atoms with Crippen molar-refractivity contribution in [1.82, 2.24) is 0 Å². The fraction of sp³-hybridized carbons (Fsp3) is 0.580. The van der Waals surface area contributed by atoms with Gasteiger partial charge in [-0.15, -0.1) is 0 Å². The molecule has 1 atom stereocenters. The summed E-state index contributed by atoms with van der Waals surface area (Å²) in [6, 6.07) is 0. The molecule has 0 aromatic heterocycles. The van der Waals surface area contributed by atoms with Crippen molar-refractivity contribution >= 4 is 17.9 Å². The molecule has 0 amide bonds. The van der Waals surface area contributed by atoms with Gasteiger partial charge in [-0.25, -0.2) is 0 Å². The molecular formula is C69H108O6. The van der Waals surface area contributed by atoms with Gasteiger partial charge in [-0.2, -0.15) is 0 Å². The van der Waals surface area contributed by atoms with E-state index >= 15 is 0 Å². The number of carbonyl (C=O) groups is 3. The Morgan fingerprint density at radius 1 is 0.267 bits per heavy atom. The normalized spacial score (nSPS) is 13.3. The summed E-state index contributed by atoms with van der Waals surface area (Å²) in [4.78, 5) is 38.3. The summed E-state index contributed by atoms with van der Waals surface area (Å²) >= 11 is 0. The summed E-state index contributed by atoms with van der Waals surface area (Å²) in [6.45, 7) is 6.23. The Kier molecular flexibility index (Phi) is 57.5. The highest BCUT2D eigenvalue weighted by Gasteiger charge is 2.19. The Labute approximate surface area is 460 Å². The Balaban J connectivity index is 4.53. The molecular weight excluding hydrogens is 925 g/mol. The van der Waals surface area contributed by atoms with Crippen LogP contribution in [0.25, 0.3) is 0 Å². The summed E-state index contributed by atoms with van der Waals surface area (Å²) in [7, 11) is 0. The quantitative estimate of drug-likeness (QED) is 0.0261. The van der Waals surface area contributed by atoms with Crippen molar-refractivity contribution in [3.8, 4) is 0 Å². The summed E-state index contributed by atoms with van der Waals surface area (Å²) in [5.74, 6) is -1.00. The van der Waals surface area contributed by atoms with E-state index in [1.54, 1.807) is 0 Å². The van der Waals surface area contributed by atoms with Gasteiger partial charge in [0.2, 0.25) is 0 Å². The van der Waals surface area contributed by atoms with Crippen LogP contribution < -0.4 is 0 Å². The van der Waals surface area contributed by atoms with Gasteiger partial charge < -0.3 is 14.2 Å². The zero-order valence-electron chi connectivity index (χ0n) is 48.0. The van der Waals surface area contributed by atoms with Gasteiger partial charge in [0.25, 0.3) is 0 Å². The van der Waals surface area contributed by atoms with E-state index in [2.05, 4.69) is 179 Å². The summed E-state index contributed by atoms with van der Waals surface area (Å²) < 4.78 is 16.8. The largest absolute Gasteiger partial charge is 0.462 e. The van der Waals surface area contributed by atoms with Gasteiger partial charge in [0.15, 0.2) is 6.10 Å². The molecule has 1 unspecified atom stereocenters. The van der Waals surface area contributed by atoms with E-state index in [-0.39, 0.29) is 37.5 Å². The number of rotatable bonds is 52. The fourth-order valence-electron chi connectivity index (χ4n) is 7.64. The van der Waals surface area contributed by atoms with E-state index < -0.39 is 6.10 Å². The van der Waals surface area contributed by atoms with Crippen molar-refractivity contribution in [2.24, 2.45) is 0 Å². The van der Waals surface area contributed by atoms with E-state index in [1.165, 1.54) is 44.9 Å². The molecule has 0 N–H and O–H groups in total. The standard InChI is InChI=1S/C69H108O6/c1-4-7-10-13-16-19-22-25-28-31-33-34-36-38-41-44-47-50-53-56-59-62-68(71)74-65-66(64-73-67(70)61-58-55-52-49-46-43-40-37-30-27-24-21-18-15-12-9-6-3)75-69(72)63-60-57-54-51-48-45-42-39-35-32-29-26-23-20-17-14-11-8-5-2/h7-12,16-21,25-30,33-35,39-40,43,49,52,66H,4-6,13-15,22-24,31-32,36-38,41-42,44-48,50-51,53-65H2,1-3H3/b10-7-,11-8-,12-9-,19-16-,20-17-,21-18-,28-25-,29-26-,30-27-,34-33-,39-35-,43-40-,52-49-. The van der Waals surface area contributed by atoms with E-state index in [0.29, 0.717) is 19.3 Å². The lowest BCUT2D eigenvalue weighted by atomic mass is 10.1. The Morgan fingerprint density at radius 3 is 0.800 bits per heavy atom. The van der Waals surface area contributed by atoms with Crippen LogP contribution in [-0.2, 0) is 28.6 Å². The minimum absolute atomic E-state index is 0.113. The molecule has 0 fully saturated rings. The number of hydrogen-bond donors (Lipinski definition) is 0. The molecule has 75 heavy (non-hydrogen) atoms. The number of ether oxygens (including phenoxy) is 3. The van der Waals surface area contributed by atoms with Crippen molar-refractivity contribution in [2.45, 2.75) is 245 Å². The first-order valence-electron chi connectivity index (χ1n) is 30.0. The monoisotopic (exact) mass is 1030 g/mol. The van der Waals surface area contributed by atoms with E-state index in [4.69, 9.17) is 14.2 Å². The number of allylic oxidation sites excluding steroid dienone is 26. The Hall–Kier alpha value is -4.97. The molecule has 0 rings (SSSR count). The minimum Gasteiger partial charge on any atom is -0.462 e. The topological polar surface area (TPSA) is 78.9 Å². The lowest BCUT2D eigenvalue weighted by molar-refractivity contribution is -0.167. The number of esters is 3. The van der Waals surface area contributed by atoms with E-state index in [1.807, 2.05) is 0 Å². The van der Waals surface area contributed by atoms with Crippen LogP contribution in [0.15, 0.2) is 158 Å². The van der Waals surface area contributed by atoms with Crippen LogP contribution in [0.5, 0.6) is 0 Å². The molecule has 0 saturated carbocycles. The third-order valence-corrected chi connectivity index (χ3v) is 12.0. The summed E-state index contributed by atoms with van der Waals surface area (Å²) in [6.07, 6.45) is 89.5. The van der Waals surface area contributed by atoms with Crippen molar-refractivity contribution < 1.29 is 28.6 Å². The molecule has 6 nitrogen and oxygen atoms in total. The Morgan fingerprint density at radius 2 is 0.493 bits per heavy atom. The third kappa shape index (κ3) is 59.8. The van der Waals surface area contributed by atoms with Crippen LogP contribution in [0.4, 0.5) is 0 Å². The average molecular weight is 1030 g/mol. The van der Waals surface area contributed by atoms with Gasteiger partial charge in [-0.1, -0.05) is 243 Å². The van der Waals surface area contributed by atoms with Gasteiger partial charge >= 0.3 is 17.9 Å². The molecule has 0 aliphatic rings. The van der Waals surface area contributed by atoms with Crippen LogP contribution >= 0.6 is 0 Å². The smallest absolute Gasteiger partial charge is 0.306 e. The summed E-state index contributed by atoms with van der Waals surface area (Å²) in [5, 5.41) is 0.